The zero-order chi connectivity index (χ0) is 21.1. The van der Waals surface area contributed by atoms with Crippen molar-refractivity contribution in [3.8, 4) is 28.7 Å². The average Bonchev–Trinajstić information content (AvgIpc) is 3.22. The van der Waals surface area contributed by atoms with Gasteiger partial charge in [-0.2, -0.15) is 0 Å². The summed E-state index contributed by atoms with van der Waals surface area (Å²) < 4.78 is 21.7. The van der Waals surface area contributed by atoms with Gasteiger partial charge < -0.3 is 23.9 Å². The van der Waals surface area contributed by atoms with Gasteiger partial charge in [0.15, 0.2) is 17.1 Å². The number of anilines is 1. The highest BCUT2D eigenvalue weighted by atomic mass is 16.5. The standard InChI is InChI=1S/C22H19N3O5/c1-27-17-6-5-14(22-25-16-12-23-9-8-18(16)30-22)10-15(17)24-21(26)13-4-7-19(28-2)20(11-13)29-3/h4-12H,1-3H3,(H,24,26). The zero-order valence-electron chi connectivity index (χ0n) is 16.6. The highest BCUT2D eigenvalue weighted by molar-refractivity contribution is 6.05. The van der Waals surface area contributed by atoms with E-state index >= 15 is 0 Å². The summed E-state index contributed by atoms with van der Waals surface area (Å²) in [6, 6.07) is 12.0. The van der Waals surface area contributed by atoms with Crippen molar-refractivity contribution in [3.05, 3.63) is 60.4 Å². The van der Waals surface area contributed by atoms with Gasteiger partial charge in [-0.25, -0.2) is 4.98 Å². The SMILES string of the molecule is COc1ccc(-c2nc3cnccc3o2)cc1NC(=O)c1ccc(OC)c(OC)c1. The Balaban J connectivity index is 1.66. The lowest BCUT2D eigenvalue weighted by molar-refractivity contribution is 0.102. The Morgan fingerprint density at radius 1 is 0.933 bits per heavy atom. The number of benzene rings is 2. The smallest absolute Gasteiger partial charge is 0.255 e. The van der Waals surface area contributed by atoms with E-state index in [9.17, 15) is 4.79 Å². The molecule has 0 fully saturated rings. The van der Waals surface area contributed by atoms with Crippen LogP contribution in [0.3, 0.4) is 0 Å². The summed E-state index contributed by atoms with van der Waals surface area (Å²) in [7, 11) is 4.59. The molecule has 0 aliphatic rings. The van der Waals surface area contributed by atoms with E-state index in [2.05, 4.69) is 15.3 Å². The van der Waals surface area contributed by atoms with Crippen LogP contribution in [-0.4, -0.2) is 37.2 Å². The molecule has 1 amide bonds. The Hall–Kier alpha value is -4.07. The molecule has 2 heterocycles. The van der Waals surface area contributed by atoms with Crippen LogP contribution >= 0.6 is 0 Å². The minimum Gasteiger partial charge on any atom is -0.495 e. The number of ether oxygens (including phenoxy) is 3. The summed E-state index contributed by atoms with van der Waals surface area (Å²) in [5.41, 5.74) is 2.86. The van der Waals surface area contributed by atoms with Gasteiger partial charge in [0.05, 0.1) is 33.2 Å². The van der Waals surface area contributed by atoms with Crippen LogP contribution in [-0.2, 0) is 0 Å². The molecule has 0 aliphatic carbocycles. The Labute approximate surface area is 172 Å². The molecule has 2 aromatic carbocycles. The molecular formula is C22H19N3O5. The number of rotatable bonds is 6. The summed E-state index contributed by atoms with van der Waals surface area (Å²) >= 11 is 0. The van der Waals surface area contributed by atoms with Crippen molar-refractivity contribution in [2.24, 2.45) is 0 Å². The maximum Gasteiger partial charge on any atom is 0.255 e. The maximum absolute atomic E-state index is 12.8. The number of hydrogen-bond donors (Lipinski definition) is 1. The predicted octanol–water partition coefficient (Wildman–Crippen LogP) is 4.17. The molecule has 8 heteroatoms. The first-order valence-electron chi connectivity index (χ1n) is 9.05. The fourth-order valence-electron chi connectivity index (χ4n) is 3.01. The first kappa shape index (κ1) is 19.3. The van der Waals surface area contributed by atoms with E-state index in [4.69, 9.17) is 18.6 Å². The zero-order valence-corrected chi connectivity index (χ0v) is 16.6. The van der Waals surface area contributed by atoms with Crippen molar-refractivity contribution in [2.45, 2.75) is 0 Å². The predicted molar refractivity (Wildman–Crippen MR) is 111 cm³/mol. The van der Waals surface area contributed by atoms with Crippen LogP contribution in [0, 0.1) is 0 Å². The molecule has 30 heavy (non-hydrogen) atoms. The minimum absolute atomic E-state index is 0.326. The quantitative estimate of drug-likeness (QED) is 0.514. The van der Waals surface area contributed by atoms with Crippen molar-refractivity contribution < 1.29 is 23.4 Å². The molecule has 1 N–H and O–H groups in total. The van der Waals surface area contributed by atoms with Gasteiger partial charge in [0.1, 0.15) is 11.3 Å². The highest BCUT2D eigenvalue weighted by Gasteiger charge is 2.16. The number of pyridine rings is 1. The van der Waals surface area contributed by atoms with E-state index in [-0.39, 0.29) is 5.91 Å². The summed E-state index contributed by atoms with van der Waals surface area (Å²) in [5.74, 6) is 1.60. The molecule has 4 aromatic rings. The maximum atomic E-state index is 12.8. The Morgan fingerprint density at radius 3 is 2.43 bits per heavy atom. The lowest BCUT2D eigenvalue weighted by Gasteiger charge is -2.13. The Kier molecular flexibility index (Phi) is 5.21. The average molecular weight is 405 g/mol. The van der Waals surface area contributed by atoms with E-state index in [0.717, 1.165) is 0 Å². The number of hydrogen-bond acceptors (Lipinski definition) is 7. The van der Waals surface area contributed by atoms with Crippen molar-refractivity contribution >= 4 is 22.7 Å². The number of methoxy groups -OCH3 is 3. The van der Waals surface area contributed by atoms with Crippen LogP contribution in [0.25, 0.3) is 22.6 Å². The molecule has 2 aromatic heterocycles. The van der Waals surface area contributed by atoms with Crippen LogP contribution in [0.5, 0.6) is 17.2 Å². The van der Waals surface area contributed by atoms with E-state index < -0.39 is 0 Å². The third kappa shape index (κ3) is 3.62. The van der Waals surface area contributed by atoms with Crippen LogP contribution in [0.2, 0.25) is 0 Å². The second kappa shape index (κ2) is 8.12. The number of oxazole rings is 1. The second-order valence-corrected chi connectivity index (χ2v) is 6.30. The van der Waals surface area contributed by atoms with Gasteiger partial charge in [-0.15, -0.1) is 0 Å². The number of carbonyl (C=O) groups is 1. The van der Waals surface area contributed by atoms with Crippen LogP contribution in [0.1, 0.15) is 10.4 Å². The van der Waals surface area contributed by atoms with E-state index in [1.165, 1.54) is 21.3 Å². The van der Waals surface area contributed by atoms with E-state index in [1.54, 1.807) is 48.8 Å². The van der Waals surface area contributed by atoms with Gasteiger partial charge in [0.2, 0.25) is 5.89 Å². The normalized spacial score (nSPS) is 10.6. The molecule has 0 bridgehead atoms. The van der Waals surface area contributed by atoms with Crippen molar-refractivity contribution in [2.75, 3.05) is 26.6 Å². The molecule has 8 nitrogen and oxygen atoms in total. The Bertz CT molecular complexity index is 1190. The van der Waals surface area contributed by atoms with E-state index in [0.29, 0.717) is 51.1 Å². The fourth-order valence-corrected chi connectivity index (χ4v) is 3.01. The van der Waals surface area contributed by atoms with Gasteiger partial charge in [-0.1, -0.05) is 0 Å². The third-order valence-corrected chi connectivity index (χ3v) is 4.53. The number of aromatic nitrogens is 2. The number of nitrogens with one attached hydrogen (secondary N) is 1. The minimum atomic E-state index is -0.326. The molecule has 4 rings (SSSR count). The van der Waals surface area contributed by atoms with E-state index in [1.807, 2.05) is 6.07 Å². The highest BCUT2D eigenvalue weighted by Crippen LogP contribution is 2.33. The third-order valence-electron chi connectivity index (χ3n) is 4.53. The molecule has 0 saturated heterocycles. The monoisotopic (exact) mass is 405 g/mol. The van der Waals surface area contributed by atoms with Crippen molar-refractivity contribution in [1.82, 2.24) is 9.97 Å². The summed E-state index contributed by atoms with van der Waals surface area (Å²) in [5, 5.41) is 2.87. The van der Waals surface area contributed by atoms with Gasteiger partial charge in [0, 0.05) is 23.4 Å². The molecule has 0 atom stereocenters. The first-order chi connectivity index (χ1) is 14.6. The summed E-state index contributed by atoms with van der Waals surface area (Å²) in [6.45, 7) is 0. The second-order valence-electron chi connectivity index (χ2n) is 6.30. The number of amides is 1. The molecule has 152 valence electrons. The Morgan fingerprint density at radius 2 is 1.70 bits per heavy atom. The molecule has 0 aliphatic heterocycles. The number of carbonyl (C=O) groups excluding carboxylic acids is 1. The van der Waals surface area contributed by atoms with Gasteiger partial charge in [0.25, 0.3) is 5.91 Å². The van der Waals surface area contributed by atoms with Crippen molar-refractivity contribution in [3.63, 3.8) is 0 Å². The summed E-state index contributed by atoms with van der Waals surface area (Å²) in [6.07, 6.45) is 3.27. The topological polar surface area (TPSA) is 95.7 Å². The van der Waals surface area contributed by atoms with Crippen LogP contribution in [0.15, 0.2) is 59.3 Å². The first-order valence-corrected chi connectivity index (χ1v) is 9.05. The molecule has 0 saturated carbocycles. The summed E-state index contributed by atoms with van der Waals surface area (Å²) in [4.78, 5) is 21.3. The molecular weight excluding hydrogens is 386 g/mol. The largest absolute Gasteiger partial charge is 0.495 e. The molecule has 0 spiro atoms. The van der Waals surface area contributed by atoms with Gasteiger partial charge in [-0.3, -0.25) is 9.78 Å². The molecule has 0 radical (unpaired) electrons. The lowest BCUT2D eigenvalue weighted by atomic mass is 10.1. The van der Waals surface area contributed by atoms with Gasteiger partial charge >= 0.3 is 0 Å². The number of nitrogens with zero attached hydrogens (tertiary/aromatic N) is 2. The van der Waals surface area contributed by atoms with Crippen LogP contribution in [0.4, 0.5) is 5.69 Å². The van der Waals surface area contributed by atoms with Crippen LogP contribution < -0.4 is 19.5 Å². The number of fused-ring (bicyclic) bond motifs is 1. The molecule has 0 unspecified atom stereocenters. The lowest BCUT2D eigenvalue weighted by Crippen LogP contribution is -2.13. The fraction of sp³-hybridized carbons (Fsp3) is 0.136. The van der Waals surface area contributed by atoms with Crippen molar-refractivity contribution in [1.29, 1.82) is 0 Å². The van der Waals surface area contributed by atoms with Gasteiger partial charge in [-0.05, 0) is 36.4 Å².